The van der Waals surface area contributed by atoms with Crippen LogP contribution in [0.25, 0.3) is 11.0 Å². The minimum atomic E-state index is 0.504. The largest absolute Gasteiger partial charge is 0.497 e. The van der Waals surface area contributed by atoms with Gasteiger partial charge in [-0.3, -0.25) is 4.68 Å². The summed E-state index contributed by atoms with van der Waals surface area (Å²) in [5.41, 5.74) is 10.2. The second-order valence-corrected chi connectivity index (χ2v) is 5.04. The highest BCUT2D eigenvalue weighted by atomic mass is 16.5. The van der Waals surface area contributed by atoms with E-state index in [2.05, 4.69) is 17.0 Å². The van der Waals surface area contributed by atoms with E-state index in [-0.39, 0.29) is 0 Å². The Morgan fingerprint density at radius 3 is 2.86 bits per heavy atom. The number of fused-ring (bicyclic) bond motifs is 1. The quantitative estimate of drug-likeness (QED) is 0.795. The van der Waals surface area contributed by atoms with Crippen LogP contribution >= 0.6 is 0 Å². The zero-order valence-corrected chi connectivity index (χ0v) is 12.5. The lowest BCUT2D eigenvalue weighted by molar-refractivity contribution is 0.415. The molecule has 0 saturated heterocycles. The molecule has 2 N–H and O–H groups in total. The predicted molar refractivity (Wildman–Crippen MR) is 82.4 cm³/mol. The third-order valence-corrected chi connectivity index (χ3v) is 3.64. The third-order valence-electron chi connectivity index (χ3n) is 3.64. The molecule has 0 aliphatic rings. The van der Waals surface area contributed by atoms with E-state index in [1.165, 1.54) is 0 Å². The Labute approximate surface area is 123 Å². The molecule has 6 heteroatoms. The lowest BCUT2D eigenvalue weighted by Gasteiger charge is -2.07. The number of benzene rings is 1. The normalized spacial score (nSPS) is 11.2. The van der Waals surface area contributed by atoms with Gasteiger partial charge in [-0.25, -0.2) is 4.98 Å². The number of rotatable bonds is 4. The summed E-state index contributed by atoms with van der Waals surface area (Å²) in [5.74, 6) is 1.30. The third kappa shape index (κ3) is 2.33. The molecule has 0 aliphatic carbocycles. The van der Waals surface area contributed by atoms with Crippen LogP contribution in [-0.2, 0) is 20.0 Å². The average Bonchev–Trinajstić information content (AvgIpc) is 2.99. The van der Waals surface area contributed by atoms with Crippen LogP contribution in [0.3, 0.4) is 0 Å². The van der Waals surface area contributed by atoms with Gasteiger partial charge in [0.15, 0.2) is 0 Å². The SMILES string of the molecule is CCc1nn(C)cc1Cn1c(N)nc2ccc(OC)cc21. The van der Waals surface area contributed by atoms with E-state index in [0.717, 1.165) is 34.5 Å². The molecule has 3 rings (SSSR count). The highest BCUT2D eigenvalue weighted by Gasteiger charge is 2.13. The zero-order valence-electron chi connectivity index (χ0n) is 12.5. The molecule has 3 aromatic rings. The van der Waals surface area contributed by atoms with Gasteiger partial charge in [0.2, 0.25) is 5.95 Å². The van der Waals surface area contributed by atoms with E-state index in [0.29, 0.717) is 12.5 Å². The molecule has 0 aliphatic heterocycles. The molecule has 2 heterocycles. The number of nitrogens with zero attached hydrogens (tertiary/aromatic N) is 4. The summed E-state index contributed by atoms with van der Waals surface area (Å²) in [4.78, 5) is 4.40. The number of anilines is 1. The number of aromatic nitrogens is 4. The van der Waals surface area contributed by atoms with E-state index in [9.17, 15) is 0 Å². The van der Waals surface area contributed by atoms with Crippen molar-refractivity contribution in [1.29, 1.82) is 0 Å². The zero-order chi connectivity index (χ0) is 15.0. The van der Waals surface area contributed by atoms with Gasteiger partial charge in [0.1, 0.15) is 5.75 Å². The molecule has 110 valence electrons. The highest BCUT2D eigenvalue weighted by Crippen LogP contribution is 2.24. The fourth-order valence-corrected chi connectivity index (χ4v) is 2.60. The smallest absolute Gasteiger partial charge is 0.201 e. The Bertz CT molecular complexity index is 787. The van der Waals surface area contributed by atoms with Crippen LogP contribution in [0.15, 0.2) is 24.4 Å². The van der Waals surface area contributed by atoms with Crippen molar-refractivity contribution in [3.05, 3.63) is 35.7 Å². The lowest BCUT2D eigenvalue weighted by atomic mass is 10.2. The molecule has 6 nitrogen and oxygen atoms in total. The molecule has 0 atom stereocenters. The molecule has 0 bridgehead atoms. The lowest BCUT2D eigenvalue weighted by Crippen LogP contribution is -2.05. The van der Waals surface area contributed by atoms with Gasteiger partial charge in [-0.1, -0.05) is 6.92 Å². The minimum Gasteiger partial charge on any atom is -0.497 e. The van der Waals surface area contributed by atoms with Gasteiger partial charge in [0, 0.05) is 24.9 Å². The Morgan fingerprint density at radius 1 is 1.33 bits per heavy atom. The van der Waals surface area contributed by atoms with Crippen LogP contribution in [0, 0.1) is 0 Å². The minimum absolute atomic E-state index is 0.504. The first kappa shape index (κ1) is 13.5. The van der Waals surface area contributed by atoms with E-state index in [1.807, 2.05) is 40.7 Å². The van der Waals surface area contributed by atoms with Gasteiger partial charge in [-0.2, -0.15) is 5.10 Å². The van der Waals surface area contributed by atoms with Crippen LogP contribution in [-0.4, -0.2) is 26.4 Å². The van der Waals surface area contributed by atoms with Crippen molar-refractivity contribution >= 4 is 17.0 Å². The Hall–Kier alpha value is -2.50. The Morgan fingerprint density at radius 2 is 2.14 bits per heavy atom. The topological polar surface area (TPSA) is 70.9 Å². The second kappa shape index (κ2) is 5.12. The molecule has 0 fully saturated rings. The monoisotopic (exact) mass is 285 g/mol. The summed E-state index contributed by atoms with van der Waals surface area (Å²) in [6.07, 6.45) is 2.93. The first-order chi connectivity index (χ1) is 10.1. The maximum Gasteiger partial charge on any atom is 0.201 e. The van der Waals surface area contributed by atoms with Crippen molar-refractivity contribution < 1.29 is 4.74 Å². The molecule has 0 amide bonds. The van der Waals surface area contributed by atoms with Crippen LogP contribution < -0.4 is 10.5 Å². The maximum absolute atomic E-state index is 6.07. The number of hydrogen-bond donors (Lipinski definition) is 1. The summed E-state index contributed by atoms with van der Waals surface area (Å²) in [6.45, 7) is 2.76. The molecule has 0 saturated carbocycles. The second-order valence-electron chi connectivity index (χ2n) is 5.04. The number of ether oxygens (including phenoxy) is 1. The summed E-state index contributed by atoms with van der Waals surface area (Å²) in [6, 6.07) is 5.77. The van der Waals surface area contributed by atoms with Crippen molar-refractivity contribution in [2.45, 2.75) is 19.9 Å². The van der Waals surface area contributed by atoms with Gasteiger partial charge < -0.3 is 15.0 Å². The van der Waals surface area contributed by atoms with E-state index in [1.54, 1.807) is 7.11 Å². The average molecular weight is 285 g/mol. The summed E-state index contributed by atoms with van der Waals surface area (Å²) in [7, 11) is 3.59. The van der Waals surface area contributed by atoms with Crippen LogP contribution in [0.4, 0.5) is 5.95 Å². The van der Waals surface area contributed by atoms with Crippen LogP contribution in [0.5, 0.6) is 5.75 Å². The fourth-order valence-electron chi connectivity index (χ4n) is 2.60. The number of methoxy groups -OCH3 is 1. The number of imidazole rings is 1. The standard InChI is InChI=1S/C15H19N5O/c1-4-12-10(8-19(2)18-12)9-20-14-7-11(21-3)5-6-13(14)17-15(20)16/h5-8H,4,9H2,1-3H3,(H2,16,17). The van der Waals surface area contributed by atoms with Crippen molar-refractivity contribution in [3.8, 4) is 5.75 Å². The Balaban J connectivity index is 2.08. The van der Waals surface area contributed by atoms with Gasteiger partial charge >= 0.3 is 0 Å². The first-order valence-electron chi connectivity index (χ1n) is 6.93. The molecule has 2 aromatic heterocycles. The first-order valence-corrected chi connectivity index (χ1v) is 6.93. The maximum atomic E-state index is 6.07. The van der Waals surface area contributed by atoms with Crippen LogP contribution in [0.1, 0.15) is 18.2 Å². The van der Waals surface area contributed by atoms with Gasteiger partial charge in [0.25, 0.3) is 0 Å². The number of aryl methyl sites for hydroxylation is 2. The molecule has 0 unspecified atom stereocenters. The molecular formula is C15H19N5O. The fraction of sp³-hybridized carbons (Fsp3) is 0.333. The Kier molecular flexibility index (Phi) is 3.29. The molecule has 21 heavy (non-hydrogen) atoms. The van der Waals surface area contributed by atoms with E-state index >= 15 is 0 Å². The van der Waals surface area contributed by atoms with Crippen molar-refractivity contribution in [1.82, 2.24) is 19.3 Å². The van der Waals surface area contributed by atoms with Crippen LogP contribution in [0.2, 0.25) is 0 Å². The van der Waals surface area contributed by atoms with Crippen molar-refractivity contribution in [3.63, 3.8) is 0 Å². The van der Waals surface area contributed by atoms with E-state index in [4.69, 9.17) is 10.5 Å². The van der Waals surface area contributed by atoms with Crippen molar-refractivity contribution in [2.24, 2.45) is 7.05 Å². The van der Waals surface area contributed by atoms with Gasteiger partial charge in [-0.05, 0) is 18.6 Å². The number of nitrogen functional groups attached to an aromatic ring is 1. The van der Waals surface area contributed by atoms with Gasteiger partial charge in [0.05, 0.1) is 30.4 Å². The number of hydrogen-bond acceptors (Lipinski definition) is 4. The highest BCUT2D eigenvalue weighted by molar-refractivity contribution is 5.80. The molecular weight excluding hydrogens is 266 g/mol. The molecule has 1 aromatic carbocycles. The number of nitrogens with two attached hydrogens (primary N) is 1. The van der Waals surface area contributed by atoms with Gasteiger partial charge in [-0.15, -0.1) is 0 Å². The summed E-state index contributed by atoms with van der Waals surface area (Å²) in [5, 5.41) is 4.47. The summed E-state index contributed by atoms with van der Waals surface area (Å²) >= 11 is 0. The van der Waals surface area contributed by atoms with Crippen molar-refractivity contribution in [2.75, 3.05) is 12.8 Å². The summed E-state index contributed by atoms with van der Waals surface area (Å²) < 4.78 is 9.12. The van der Waals surface area contributed by atoms with E-state index < -0.39 is 0 Å². The predicted octanol–water partition coefficient (Wildman–Crippen LogP) is 1.97. The molecule has 0 spiro atoms. The molecule has 0 radical (unpaired) electrons.